The van der Waals surface area contributed by atoms with E-state index in [1.807, 2.05) is 24.3 Å². The van der Waals surface area contributed by atoms with Crippen LogP contribution in [0.5, 0.6) is 0 Å². The molecule has 0 saturated carbocycles. The summed E-state index contributed by atoms with van der Waals surface area (Å²) in [6.45, 7) is 2.19. The zero-order valence-corrected chi connectivity index (χ0v) is 11.3. The number of benzene rings is 1. The van der Waals surface area contributed by atoms with Crippen molar-refractivity contribution in [1.82, 2.24) is 5.32 Å². The Labute approximate surface area is 116 Å². The number of nitrogens with two attached hydrogens (primary N) is 1. The molecule has 0 unspecified atom stereocenters. The predicted molar refractivity (Wildman–Crippen MR) is 76.9 cm³/mol. The fraction of sp³-hybridized carbons (Fsp3) is 0.143. The van der Waals surface area contributed by atoms with Crippen LogP contribution in [0.4, 0.5) is 0 Å². The van der Waals surface area contributed by atoms with Crippen LogP contribution in [-0.4, -0.2) is 10.9 Å². The third-order valence-corrected chi connectivity index (χ3v) is 2.86. The molecule has 98 valence electrons. The van der Waals surface area contributed by atoms with Gasteiger partial charge in [-0.15, -0.1) is 0 Å². The summed E-state index contributed by atoms with van der Waals surface area (Å²) in [5.41, 5.74) is 7.28. The summed E-state index contributed by atoms with van der Waals surface area (Å²) in [6.07, 6.45) is 0. The molecule has 5 heteroatoms. The van der Waals surface area contributed by atoms with Crippen molar-refractivity contribution in [3.8, 4) is 0 Å². The molecule has 0 radical (unpaired) electrons. The number of hydrogen-bond donors (Lipinski definition) is 2. The van der Waals surface area contributed by atoms with Gasteiger partial charge in [0.25, 0.3) is 5.91 Å². The van der Waals surface area contributed by atoms with Crippen molar-refractivity contribution in [2.75, 3.05) is 0 Å². The highest BCUT2D eigenvalue weighted by Gasteiger charge is 2.09. The minimum Gasteiger partial charge on any atom is -0.456 e. The molecule has 0 bridgehead atoms. The van der Waals surface area contributed by atoms with Gasteiger partial charge in [-0.3, -0.25) is 4.79 Å². The van der Waals surface area contributed by atoms with Crippen LogP contribution in [0.15, 0.2) is 40.8 Å². The van der Waals surface area contributed by atoms with Gasteiger partial charge in [0.15, 0.2) is 5.76 Å². The third-order valence-electron chi connectivity index (χ3n) is 2.63. The van der Waals surface area contributed by atoms with Crippen LogP contribution in [0.1, 0.15) is 27.4 Å². The zero-order valence-electron chi connectivity index (χ0n) is 10.5. The SMILES string of the molecule is Cc1ccc(C(=O)NCc2cccc(C(N)=S)c2)o1. The highest BCUT2D eigenvalue weighted by atomic mass is 32.1. The second kappa shape index (κ2) is 5.67. The van der Waals surface area contributed by atoms with Crippen molar-refractivity contribution in [2.24, 2.45) is 5.73 Å². The maximum Gasteiger partial charge on any atom is 0.287 e. The number of carbonyl (C=O) groups is 1. The summed E-state index contributed by atoms with van der Waals surface area (Å²) in [6, 6.07) is 10.8. The van der Waals surface area contributed by atoms with Crippen molar-refractivity contribution in [3.63, 3.8) is 0 Å². The van der Waals surface area contributed by atoms with Gasteiger partial charge in [0, 0.05) is 12.1 Å². The first-order valence-corrected chi connectivity index (χ1v) is 6.20. The molecule has 1 amide bonds. The Hall–Kier alpha value is -2.14. The summed E-state index contributed by atoms with van der Waals surface area (Å²) in [7, 11) is 0. The summed E-state index contributed by atoms with van der Waals surface area (Å²) in [5, 5.41) is 2.78. The van der Waals surface area contributed by atoms with Crippen LogP contribution in [0, 0.1) is 6.92 Å². The van der Waals surface area contributed by atoms with Crippen LogP contribution in [0.2, 0.25) is 0 Å². The normalized spacial score (nSPS) is 10.2. The van der Waals surface area contributed by atoms with Gasteiger partial charge in [-0.1, -0.05) is 30.4 Å². The minimum atomic E-state index is -0.242. The van der Waals surface area contributed by atoms with Crippen LogP contribution in [0.25, 0.3) is 0 Å². The monoisotopic (exact) mass is 274 g/mol. The second-order valence-electron chi connectivity index (χ2n) is 4.16. The molecule has 4 nitrogen and oxygen atoms in total. The Kier molecular flexibility index (Phi) is 3.97. The topological polar surface area (TPSA) is 68.3 Å². The lowest BCUT2D eigenvalue weighted by molar-refractivity contribution is 0.0922. The number of rotatable bonds is 4. The molecule has 1 heterocycles. The van der Waals surface area contributed by atoms with E-state index >= 15 is 0 Å². The first-order valence-electron chi connectivity index (χ1n) is 5.79. The number of thiocarbonyl (C=S) groups is 1. The van der Waals surface area contributed by atoms with Crippen LogP contribution < -0.4 is 11.1 Å². The first kappa shape index (κ1) is 13.3. The van der Waals surface area contributed by atoms with E-state index in [2.05, 4.69) is 5.32 Å². The molecule has 0 spiro atoms. The Morgan fingerprint density at radius 1 is 1.37 bits per heavy atom. The Morgan fingerprint density at radius 2 is 2.16 bits per heavy atom. The van der Waals surface area contributed by atoms with Crippen molar-refractivity contribution >= 4 is 23.1 Å². The number of amides is 1. The highest BCUT2D eigenvalue weighted by molar-refractivity contribution is 7.80. The van der Waals surface area contributed by atoms with E-state index in [0.717, 1.165) is 11.1 Å². The quantitative estimate of drug-likeness (QED) is 0.838. The number of carbonyl (C=O) groups excluding carboxylic acids is 1. The molecular formula is C14H14N2O2S. The molecule has 0 aliphatic rings. The lowest BCUT2D eigenvalue weighted by Crippen LogP contribution is -2.22. The van der Waals surface area contributed by atoms with Gasteiger partial charge in [-0.2, -0.15) is 0 Å². The van der Waals surface area contributed by atoms with E-state index in [4.69, 9.17) is 22.4 Å². The van der Waals surface area contributed by atoms with Crippen LogP contribution >= 0.6 is 12.2 Å². The van der Waals surface area contributed by atoms with E-state index in [0.29, 0.717) is 23.1 Å². The van der Waals surface area contributed by atoms with Gasteiger partial charge in [0.05, 0.1) is 0 Å². The lowest BCUT2D eigenvalue weighted by atomic mass is 10.1. The van der Waals surface area contributed by atoms with Crippen LogP contribution in [-0.2, 0) is 6.54 Å². The molecule has 3 N–H and O–H groups in total. The molecule has 0 saturated heterocycles. The fourth-order valence-corrected chi connectivity index (χ4v) is 1.79. The standard InChI is InChI=1S/C14H14N2O2S/c1-9-5-6-12(18-9)14(17)16-8-10-3-2-4-11(7-10)13(15)19/h2-7H,8H2,1H3,(H2,15,19)(H,16,17). The smallest absolute Gasteiger partial charge is 0.287 e. The number of hydrogen-bond acceptors (Lipinski definition) is 3. The number of nitrogens with one attached hydrogen (secondary N) is 1. The van der Waals surface area contributed by atoms with Gasteiger partial charge < -0.3 is 15.5 Å². The summed E-state index contributed by atoms with van der Waals surface area (Å²) >= 11 is 4.91. The molecule has 1 aromatic carbocycles. The molecule has 0 fully saturated rings. The Bertz CT molecular complexity index is 619. The van der Waals surface area contributed by atoms with E-state index in [1.165, 1.54) is 0 Å². The van der Waals surface area contributed by atoms with Gasteiger partial charge in [0.2, 0.25) is 0 Å². The first-order chi connectivity index (χ1) is 9.06. The van der Waals surface area contributed by atoms with Gasteiger partial charge in [-0.05, 0) is 30.7 Å². The minimum absolute atomic E-state index is 0.242. The van der Waals surface area contributed by atoms with Crippen LogP contribution in [0.3, 0.4) is 0 Å². The van der Waals surface area contributed by atoms with Gasteiger partial charge in [-0.25, -0.2) is 0 Å². The average Bonchev–Trinajstić information content (AvgIpc) is 2.83. The molecule has 2 rings (SSSR count). The van der Waals surface area contributed by atoms with Gasteiger partial charge >= 0.3 is 0 Å². The lowest BCUT2D eigenvalue weighted by Gasteiger charge is -2.05. The largest absolute Gasteiger partial charge is 0.456 e. The Morgan fingerprint density at radius 3 is 2.79 bits per heavy atom. The molecule has 1 aromatic heterocycles. The summed E-state index contributed by atoms with van der Waals surface area (Å²) in [4.78, 5) is 12.1. The van der Waals surface area contributed by atoms with E-state index in [1.54, 1.807) is 19.1 Å². The number of aryl methyl sites for hydroxylation is 1. The zero-order chi connectivity index (χ0) is 13.8. The van der Waals surface area contributed by atoms with Crippen molar-refractivity contribution in [2.45, 2.75) is 13.5 Å². The molecule has 19 heavy (non-hydrogen) atoms. The summed E-state index contributed by atoms with van der Waals surface area (Å²) < 4.78 is 5.24. The third kappa shape index (κ3) is 3.42. The van der Waals surface area contributed by atoms with Crippen molar-refractivity contribution in [1.29, 1.82) is 0 Å². The maximum absolute atomic E-state index is 11.8. The van der Waals surface area contributed by atoms with E-state index < -0.39 is 0 Å². The molecular weight excluding hydrogens is 260 g/mol. The molecule has 0 aliphatic heterocycles. The van der Waals surface area contributed by atoms with E-state index in [9.17, 15) is 4.79 Å². The molecule has 2 aromatic rings. The van der Waals surface area contributed by atoms with Crippen molar-refractivity contribution < 1.29 is 9.21 Å². The fourth-order valence-electron chi connectivity index (χ4n) is 1.66. The second-order valence-corrected chi connectivity index (χ2v) is 4.60. The van der Waals surface area contributed by atoms with Gasteiger partial charge in [0.1, 0.15) is 10.7 Å². The number of furan rings is 1. The molecule has 0 aliphatic carbocycles. The highest BCUT2D eigenvalue weighted by Crippen LogP contribution is 2.08. The summed E-state index contributed by atoms with van der Waals surface area (Å²) in [5.74, 6) is 0.775. The maximum atomic E-state index is 11.8. The van der Waals surface area contributed by atoms with E-state index in [-0.39, 0.29) is 5.91 Å². The average molecular weight is 274 g/mol. The Balaban J connectivity index is 2.01. The molecule has 0 atom stereocenters. The van der Waals surface area contributed by atoms with Crippen molar-refractivity contribution in [3.05, 3.63) is 59.0 Å². The predicted octanol–water partition coefficient (Wildman–Crippen LogP) is 2.15.